The SMILES string of the molecule is Cc1ccc(C(=O)Nc2ccccc2Oc2ncc(Cl)cc2Cl)cc1F. The van der Waals surface area contributed by atoms with Gasteiger partial charge in [0, 0.05) is 11.8 Å². The first-order valence-corrected chi connectivity index (χ1v) is 8.35. The number of halogens is 3. The maximum absolute atomic E-state index is 13.7. The van der Waals surface area contributed by atoms with E-state index in [0.29, 0.717) is 22.0 Å². The molecule has 0 atom stereocenters. The summed E-state index contributed by atoms with van der Waals surface area (Å²) in [5.74, 6) is -0.418. The number of ether oxygens (including phenoxy) is 1. The Labute approximate surface area is 159 Å². The summed E-state index contributed by atoms with van der Waals surface area (Å²) in [5, 5.41) is 3.31. The molecule has 2 aromatic carbocycles. The number of hydrogen-bond acceptors (Lipinski definition) is 3. The smallest absolute Gasteiger partial charge is 0.255 e. The Balaban J connectivity index is 1.84. The van der Waals surface area contributed by atoms with Gasteiger partial charge in [-0.2, -0.15) is 0 Å². The average Bonchev–Trinajstić information content (AvgIpc) is 2.61. The predicted molar refractivity (Wildman–Crippen MR) is 99.9 cm³/mol. The minimum absolute atomic E-state index is 0.152. The Morgan fingerprint density at radius 3 is 2.65 bits per heavy atom. The van der Waals surface area contributed by atoms with Crippen LogP contribution in [0.25, 0.3) is 0 Å². The number of para-hydroxylation sites is 2. The first kappa shape index (κ1) is 18.2. The number of rotatable bonds is 4. The fraction of sp³-hybridized carbons (Fsp3) is 0.0526. The minimum atomic E-state index is -0.463. The van der Waals surface area contributed by atoms with Crippen molar-refractivity contribution in [1.29, 1.82) is 0 Å². The number of anilines is 1. The molecule has 0 spiro atoms. The molecule has 0 unspecified atom stereocenters. The van der Waals surface area contributed by atoms with Crippen molar-refractivity contribution in [1.82, 2.24) is 4.98 Å². The summed E-state index contributed by atoms with van der Waals surface area (Å²) in [6.45, 7) is 1.63. The number of nitrogens with one attached hydrogen (secondary N) is 1. The molecule has 3 aromatic rings. The lowest BCUT2D eigenvalue weighted by atomic mass is 10.1. The summed E-state index contributed by atoms with van der Waals surface area (Å²) < 4.78 is 19.4. The summed E-state index contributed by atoms with van der Waals surface area (Å²) in [4.78, 5) is 16.4. The van der Waals surface area contributed by atoms with Crippen LogP contribution in [-0.4, -0.2) is 10.9 Å². The number of benzene rings is 2. The molecule has 0 bridgehead atoms. The predicted octanol–water partition coefficient (Wildman–Crippen LogP) is 5.88. The van der Waals surface area contributed by atoms with E-state index in [4.69, 9.17) is 27.9 Å². The summed E-state index contributed by atoms with van der Waals surface area (Å²) in [6.07, 6.45) is 1.40. The van der Waals surface area contributed by atoms with Crippen molar-refractivity contribution in [2.24, 2.45) is 0 Å². The van der Waals surface area contributed by atoms with Crippen molar-refractivity contribution in [2.75, 3.05) is 5.32 Å². The standard InChI is InChI=1S/C19H13Cl2FN2O2/c1-11-6-7-12(8-15(11)22)18(25)24-16-4-2-3-5-17(16)26-19-14(21)9-13(20)10-23-19/h2-10H,1H3,(H,24,25). The van der Waals surface area contributed by atoms with E-state index >= 15 is 0 Å². The molecule has 1 heterocycles. The molecular formula is C19H13Cl2FN2O2. The van der Waals surface area contributed by atoms with Crippen molar-refractivity contribution in [3.05, 3.63) is 81.7 Å². The first-order valence-electron chi connectivity index (χ1n) is 7.59. The Hall–Kier alpha value is -2.63. The normalized spacial score (nSPS) is 10.5. The molecule has 0 aliphatic heterocycles. The van der Waals surface area contributed by atoms with E-state index in [1.807, 2.05) is 0 Å². The lowest BCUT2D eigenvalue weighted by Gasteiger charge is -2.12. The second kappa shape index (κ2) is 7.72. The van der Waals surface area contributed by atoms with Crippen LogP contribution in [0, 0.1) is 12.7 Å². The van der Waals surface area contributed by atoms with Gasteiger partial charge in [-0.05, 0) is 42.8 Å². The van der Waals surface area contributed by atoms with E-state index in [0.717, 1.165) is 0 Å². The topological polar surface area (TPSA) is 51.2 Å². The van der Waals surface area contributed by atoms with Gasteiger partial charge in [-0.25, -0.2) is 9.37 Å². The fourth-order valence-electron chi connectivity index (χ4n) is 2.17. The molecule has 0 aliphatic carbocycles. The van der Waals surface area contributed by atoms with E-state index in [2.05, 4.69) is 10.3 Å². The third kappa shape index (κ3) is 4.12. The molecule has 3 rings (SSSR count). The number of amides is 1. The highest BCUT2D eigenvalue weighted by molar-refractivity contribution is 6.35. The van der Waals surface area contributed by atoms with Crippen molar-refractivity contribution < 1.29 is 13.9 Å². The maximum Gasteiger partial charge on any atom is 0.255 e. The van der Waals surface area contributed by atoms with Gasteiger partial charge in [0.15, 0.2) is 5.75 Å². The van der Waals surface area contributed by atoms with Crippen molar-refractivity contribution in [2.45, 2.75) is 6.92 Å². The molecule has 7 heteroatoms. The highest BCUT2D eigenvalue weighted by atomic mass is 35.5. The Bertz CT molecular complexity index is 980. The van der Waals surface area contributed by atoms with Crippen LogP contribution >= 0.6 is 23.2 Å². The molecule has 132 valence electrons. The number of carbonyl (C=O) groups excluding carboxylic acids is 1. The molecule has 1 N–H and O–H groups in total. The summed E-state index contributed by atoms with van der Waals surface area (Å²) >= 11 is 11.9. The van der Waals surface area contributed by atoms with Gasteiger partial charge < -0.3 is 10.1 Å². The van der Waals surface area contributed by atoms with Gasteiger partial charge in [0.25, 0.3) is 5.91 Å². The summed E-state index contributed by atoms with van der Waals surface area (Å²) in [7, 11) is 0. The maximum atomic E-state index is 13.7. The zero-order chi connectivity index (χ0) is 18.7. The molecule has 4 nitrogen and oxygen atoms in total. The molecule has 1 aromatic heterocycles. The molecule has 0 fully saturated rings. The Kier molecular flexibility index (Phi) is 5.40. The summed E-state index contributed by atoms with van der Waals surface area (Å²) in [6, 6.07) is 12.6. The Morgan fingerprint density at radius 2 is 1.92 bits per heavy atom. The van der Waals surface area contributed by atoms with E-state index in [1.165, 1.54) is 18.3 Å². The van der Waals surface area contributed by atoms with E-state index in [9.17, 15) is 9.18 Å². The van der Waals surface area contributed by atoms with Gasteiger partial charge in [0.2, 0.25) is 5.88 Å². The number of aryl methyl sites for hydroxylation is 1. The largest absolute Gasteiger partial charge is 0.435 e. The van der Waals surface area contributed by atoms with Crippen LogP contribution in [-0.2, 0) is 0 Å². The lowest BCUT2D eigenvalue weighted by Crippen LogP contribution is -2.13. The van der Waals surface area contributed by atoms with Crippen LogP contribution in [0.5, 0.6) is 11.6 Å². The van der Waals surface area contributed by atoms with Crippen LogP contribution < -0.4 is 10.1 Å². The second-order valence-corrected chi connectivity index (χ2v) is 6.30. The summed E-state index contributed by atoms with van der Waals surface area (Å²) in [5.41, 5.74) is 1.06. The molecule has 0 radical (unpaired) electrons. The first-order chi connectivity index (χ1) is 12.4. The van der Waals surface area contributed by atoms with Crippen LogP contribution in [0.3, 0.4) is 0 Å². The second-order valence-electron chi connectivity index (χ2n) is 5.46. The van der Waals surface area contributed by atoms with Gasteiger partial charge in [-0.15, -0.1) is 0 Å². The van der Waals surface area contributed by atoms with E-state index in [1.54, 1.807) is 43.3 Å². The lowest BCUT2D eigenvalue weighted by molar-refractivity contribution is 0.102. The molecular weight excluding hydrogens is 378 g/mol. The van der Waals surface area contributed by atoms with Gasteiger partial charge >= 0.3 is 0 Å². The fourth-order valence-corrected chi connectivity index (χ4v) is 2.59. The van der Waals surface area contributed by atoms with Crippen molar-refractivity contribution in [3.63, 3.8) is 0 Å². The zero-order valence-electron chi connectivity index (χ0n) is 13.6. The third-order valence-electron chi connectivity index (χ3n) is 3.55. The molecule has 1 amide bonds. The Morgan fingerprint density at radius 1 is 1.15 bits per heavy atom. The highest BCUT2D eigenvalue weighted by Crippen LogP contribution is 2.33. The highest BCUT2D eigenvalue weighted by Gasteiger charge is 2.13. The van der Waals surface area contributed by atoms with Gasteiger partial charge in [-0.1, -0.05) is 41.4 Å². The van der Waals surface area contributed by atoms with Crippen LogP contribution in [0.2, 0.25) is 10.0 Å². The number of carbonyl (C=O) groups is 1. The van der Waals surface area contributed by atoms with E-state index < -0.39 is 11.7 Å². The van der Waals surface area contributed by atoms with E-state index in [-0.39, 0.29) is 16.5 Å². The zero-order valence-corrected chi connectivity index (χ0v) is 15.1. The van der Waals surface area contributed by atoms with Gasteiger partial charge in [-0.3, -0.25) is 4.79 Å². The molecule has 0 saturated carbocycles. The van der Waals surface area contributed by atoms with Gasteiger partial charge in [0.1, 0.15) is 10.8 Å². The minimum Gasteiger partial charge on any atom is -0.435 e. The number of pyridine rings is 1. The van der Waals surface area contributed by atoms with Crippen molar-refractivity contribution >= 4 is 34.8 Å². The number of aromatic nitrogens is 1. The average molecular weight is 391 g/mol. The van der Waals surface area contributed by atoms with Gasteiger partial charge in [0.05, 0.1) is 10.7 Å². The quantitative estimate of drug-likeness (QED) is 0.604. The molecule has 26 heavy (non-hydrogen) atoms. The number of nitrogens with zero attached hydrogens (tertiary/aromatic N) is 1. The van der Waals surface area contributed by atoms with Crippen molar-refractivity contribution in [3.8, 4) is 11.6 Å². The van der Waals surface area contributed by atoms with Crippen LogP contribution in [0.1, 0.15) is 15.9 Å². The van der Waals surface area contributed by atoms with Crippen LogP contribution in [0.4, 0.5) is 10.1 Å². The monoisotopic (exact) mass is 390 g/mol. The number of hydrogen-bond donors (Lipinski definition) is 1. The molecule has 0 saturated heterocycles. The van der Waals surface area contributed by atoms with Crippen LogP contribution in [0.15, 0.2) is 54.7 Å². The molecule has 0 aliphatic rings. The third-order valence-corrected chi connectivity index (χ3v) is 4.03.